The fraction of sp³-hybridized carbons (Fsp3) is 0.733. The van der Waals surface area contributed by atoms with Gasteiger partial charge in [-0.05, 0) is 42.9 Å². The second-order valence-corrected chi connectivity index (χ2v) is 6.27. The Labute approximate surface area is 113 Å². The number of hydrogen-bond acceptors (Lipinski definition) is 2. The lowest BCUT2D eigenvalue weighted by atomic mass is 9.55. The Bertz CT molecular complexity index is 362. The quantitative estimate of drug-likeness (QED) is 0.592. The van der Waals surface area contributed by atoms with Crippen LogP contribution in [0.15, 0.2) is 12.7 Å². The topological polar surface area (TPSA) is 74.6 Å². The van der Waals surface area contributed by atoms with E-state index < -0.39 is 23.3 Å². The second kappa shape index (κ2) is 5.35. The molecule has 0 spiro atoms. The number of carboxylic acid groups (broad SMARTS) is 2. The zero-order valence-corrected chi connectivity index (χ0v) is 11.2. The monoisotopic (exact) mass is 266 g/mol. The summed E-state index contributed by atoms with van der Waals surface area (Å²) in [5, 5.41) is 18.7. The molecule has 2 bridgehead atoms. The van der Waals surface area contributed by atoms with E-state index in [2.05, 4.69) is 6.58 Å². The lowest BCUT2D eigenvalue weighted by Crippen LogP contribution is -2.47. The third kappa shape index (κ3) is 2.67. The van der Waals surface area contributed by atoms with Gasteiger partial charge in [-0.15, -0.1) is 6.58 Å². The largest absolute Gasteiger partial charge is 0.481 e. The number of carbonyl (C=O) groups is 2. The lowest BCUT2D eigenvalue weighted by molar-refractivity contribution is -0.165. The number of hydrogen-bond donors (Lipinski definition) is 2. The van der Waals surface area contributed by atoms with E-state index in [1.165, 1.54) is 6.42 Å². The van der Waals surface area contributed by atoms with Gasteiger partial charge in [0.25, 0.3) is 0 Å². The molecule has 19 heavy (non-hydrogen) atoms. The normalized spacial score (nSPS) is 33.9. The fourth-order valence-corrected chi connectivity index (χ4v) is 4.44. The van der Waals surface area contributed by atoms with Gasteiger partial charge in [0.2, 0.25) is 0 Å². The van der Waals surface area contributed by atoms with Gasteiger partial charge in [0.1, 0.15) is 0 Å². The molecule has 3 atom stereocenters. The van der Waals surface area contributed by atoms with Crippen LogP contribution in [0.5, 0.6) is 0 Å². The highest BCUT2D eigenvalue weighted by Crippen LogP contribution is 2.54. The van der Waals surface area contributed by atoms with Crippen molar-refractivity contribution in [3.05, 3.63) is 12.7 Å². The van der Waals surface area contributed by atoms with Crippen molar-refractivity contribution in [1.82, 2.24) is 0 Å². The minimum Gasteiger partial charge on any atom is -0.481 e. The Balaban J connectivity index is 2.33. The molecule has 2 aliphatic carbocycles. The predicted molar refractivity (Wildman–Crippen MR) is 70.7 cm³/mol. The first-order valence-corrected chi connectivity index (χ1v) is 7.05. The Hall–Kier alpha value is -1.32. The Morgan fingerprint density at radius 2 is 1.74 bits per heavy atom. The average Bonchev–Trinajstić information content (AvgIpc) is 2.27. The van der Waals surface area contributed by atoms with Gasteiger partial charge < -0.3 is 10.2 Å². The van der Waals surface area contributed by atoms with Crippen LogP contribution in [0, 0.1) is 23.2 Å². The third-order valence-electron chi connectivity index (χ3n) is 4.94. The van der Waals surface area contributed by atoms with E-state index in [0.29, 0.717) is 18.3 Å². The summed E-state index contributed by atoms with van der Waals surface area (Å²) in [6.45, 7) is 3.71. The Morgan fingerprint density at radius 1 is 1.21 bits per heavy atom. The second-order valence-electron chi connectivity index (χ2n) is 6.27. The van der Waals surface area contributed by atoms with Crippen LogP contribution in [0.2, 0.25) is 0 Å². The maximum absolute atomic E-state index is 11.4. The average molecular weight is 266 g/mol. The van der Waals surface area contributed by atoms with E-state index in [-0.39, 0.29) is 0 Å². The van der Waals surface area contributed by atoms with Crippen molar-refractivity contribution in [2.24, 2.45) is 23.2 Å². The summed E-state index contributed by atoms with van der Waals surface area (Å²) in [5.74, 6) is -2.71. The van der Waals surface area contributed by atoms with Crippen molar-refractivity contribution in [2.75, 3.05) is 0 Å². The summed E-state index contributed by atoms with van der Waals surface area (Å²) in [6, 6.07) is 0. The van der Waals surface area contributed by atoms with E-state index in [9.17, 15) is 19.8 Å². The van der Waals surface area contributed by atoms with Crippen molar-refractivity contribution in [3.63, 3.8) is 0 Å². The SMILES string of the molecule is C=CCC1(C(C(=O)O)C(=O)O)CC2CCC[C@H](C2)C1. The smallest absolute Gasteiger partial charge is 0.318 e. The predicted octanol–water partition coefficient (Wildman–Crippen LogP) is 2.93. The number of rotatable bonds is 5. The number of carboxylic acids is 2. The maximum Gasteiger partial charge on any atom is 0.318 e. The van der Waals surface area contributed by atoms with Crippen LogP contribution in [0.25, 0.3) is 0 Å². The van der Waals surface area contributed by atoms with Gasteiger partial charge in [0.05, 0.1) is 0 Å². The van der Waals surface area contributed by atoms with Gasteiger partial charge in [-0.25, -0.2) is 0 Å². The first kappa shape index (κ1) is 14.1. The van der Waals surface area contributed by atoms with Crippen molar-refractivity contribution < 1.29 is 19.8 Å². The van der Waals surface area contributed by atoms with E-state index in [1.807, 2.05) is 0 Å². The minimum atomic E-state index is -1.30. The molecular formula is C15H22O4. The van der Waals surface area contributed by atoms with Gasteiger partial charge in [0, 0.05) is 0 Å². The summed E-state index contributed by atoms with van der Waals surface area (Å²) in [5.41, 5.74) is -0.632. The molecule has 0 aliphatic heterocycles. The van der Waals surface area contributed by atoms with E-state index in [4.69, 9.17) is 0 Å². The molecule has 2 saturated carbocycles. The van der Waals surface area contributed by atoms with Crippen molar-refractivity contribution >= 4 is 11.9 Å². The standard InChI is InChI=1S/C15H22O4/c1-2-6-15(12(13(16)17)14(18)19)8-10-4-3-5-11(7-10)9-15/h2,10-12H,1,3-9H2,(H,16,17)(H,18,19)/t10-,11?,15?/m1/s1. The molecule has 0 radical (unpaired) electrons. The molecule has 2 fully saturated rings. The van der Waals surface area contributed by atoms with Crippen LogP contribution in [0.1, 0.15) is 44.9 Å². The van der Waals surface area contributed by atoms with Crippen LogP contribution in [-0.4, -0.2) is 22.2 Å². The minimum absolute atomic E-state index is 0.489. The van der Waals surface area contributed by atoms with Crippen molar-refractivity contribution in [2.45, 2.75) is 44.9 Å². The van der Waals surface area contributed by atoms with Crippen LogP contribution < -0.4 is 0 Å². The molecular weight excluding hydrogens is 244 g/mol. The van der Waals surface area contributed by atoms with Crippen LogP contribution in [0.3, 0.4) is 0 Å². The number of aliphatic carboxylic acids is 2. The Kier molecular flexibility index (Phi) is 3.97. The molecule has 2 N–H and O–H groups in total. The number of allylic oxidation sites excluding steroid dienone is 1. The van der Waals surface area contributed by atoms with Crippen LogP contribution in [0.4, 0.5) is 0 Å². The third-order valence-corrected chi connectivity index (χ3v) is 4.94. The van der Waals surface area contributed by atoms with E-state index >= 15 is 0 Å². The zero-order chi connectivity index (χ0) is 14.0. The van der Waals surface area contributed by atoms with Gasteiger partial charge in [-0.3, -0.25) is 9.59 Å². The van der Waals surface area contributed by atoms with Crippen LogP contribution in [-0.2, 0) is 9.59 Å². The molecule has 0 saturated heterocycles. The zero-order valence-electron chi connectivity index (χ0n) is 11.2. The summed E-state index contributed by atoms with van der Waals surface area (Å²) in [4.78, 5) is 22.8. The summed E-state index contributed by atoms with van der Waals surface area (Å²) < 4.78 is 0. The molecule has 2 aliphatic rings. The van der Waals surface area contributed by atoms with Gasteiger partial charge in [-0.2, -0.15) is 0 Å². The van der Waals surface area contributed by atoms with Crippen LogP contribution >= 0.6 is 0 Å². The molecule has 0 aromatic rings. The van der Waals surface area contributed by atoms with Gasteiger partial charge in [0.15, 0.2) is 5.92 Å². The van der Waals surface area contributed by atoms with Crippen molar-refractivity contribution in [1.29, 1.82) is 0 Å². The summed E-state index contributed by atoms with van der Waals surface area (Å²) in [6.07, 6.45) is 8.19. The fourth-order valence-electron chi connectivity index (χ4n) is 4.44. The molecule has 2 unspecified atom stereocenters. The first-order valence-electron chi connectivity index (χ1n) is 7.05. The first-order chi connectivity index (χ1) is 8.98. The van der Waals surface area contributed by atoms with Gasteiger partial charge in [-0.1, -0.05) is 25.3 Å². The highest BCUT2D eigenvalue weighted by Gasteiger charge is 2.52. The Morgan fingerprint density at radius 3 is 2.16 bits per heavy atom. The molecule has 106 valence electrons. The maximum atomic E-state index is 11.4. The number of fused-ring (bicyclic) bond motifs is 2. The highest BCUT2D eigenvalue weighted by molar-refractivity contribution is 5.94. The molecule has 0 amide bonds. The van der Waals surface area contributed by atoms with E-state index in [1.54, 1.807) is 6.08 Å². The highest BCUT2D eigenvalue weighted by atomic mass is 16.4. The molecule has 0 aromatic carbocycles. The molecule has 4 heteroatoms. The van der Waals surface area contributed by atoms with E-state index in [0.717, 1.165) is 32.1 Å². The van der Waals surface area contributed by atoms with Gasteiger partial charge >= 0.3 is 11.9 Å². The summed E-state index contributed by atoms with van der Waals surface area (Å²) >= 11 is 0. The molecule has 0 heterocycles. The lowest BCUT2D eigenvalue weighted by Gasteiger charge is -2.48. The molecule has 2 rings (SSSR count). The molecule has 4 nitrogen and oxygen atoms in total. The molecule has 0 aromatic heterocycles. The van der Waals surface area contributed by atoms with Crippen molar-refractivity contribution in [3.8, 4) is 0 Å². The summed E-state index contributed by atoms with van der Waals surface area (Å²) in [7, 11) is 0.